The molecular formula is C20H31ClO2S. The standard InChI is InChI=1S/C20H31ClO2S/c1-3-4-5-6-7-8-9-10-19(15-16-21)17-24(22,23)20-13-11-18(2)12-14-20/h10-14H,3-9,15-17H2,1-2H3/b19-10+. The van der Waals surface area contributed by atoms with Gasteiger partial charge in [0, 0.05) is 5.88 Å². The van der Waals surface area contributed by atoms with Gasteiger partial charge >= 0.3 is 0 Å². The number of hydrogen-bond donors (Lipinski definition) is 0. The van der Waals surface area contributed by atoms with Gasteiger partial charge in [-0.05, 0) is 38.3 Å². The van der Waals surface area contributed by atoms with E-state index < -0.39 is 9.84 Å². The highest BCUT2D eigenvalue weighted by atomic mass is 35.5. The van der Waals surface area contributed by atoms with Crippen LogP contribution in [0.5, 0.6) is 0 Å². The van der Waals surface area contributed by atoms with Crippen LogP contribution in [-0.2, 0) is 9.84 Å². The molecule has 0 spiro atoms. The quantitative estimate of drug-likeness (QED) is 0.254. The molecule has 0 aliphatic rings. The van der Waals surface area contributed by atoms with Crippen LogP contribution in [0.1, 0.15) is 63.9 Å². The highest BCUT2D eigenvalue weighted by Crippen LogP contribution is 2.18. The van der Waals surface area contributed by atoms with Crippen molar-refractivity contribution in [2.75, 3.05) is 11.6 Å². The molecule has 0 atom stereocenters. The molecule has 1 aromatic carbocycles. The largest absolute Gasteiger partial charge is 0.223 e. The van der Waals surface area contributed by atoms with Crippen LogP contribution in [0.3, 0.4) is 0 Å². The normalized spacial score (nSPS) is 12.5. The van der Waals surface area contributed by atoms with E-state index in [4.69, 9.17) is 11.6 Å². The van der Waals surface area contributed by atoms with E-state index in [1.54, 1.807) is 12.1 Å². The van der Waals surface area contributed by atoms with E-state index in [-0.39, 0.29) is 5.75 Å². The van der Waals surface area contributed by atoms with Crippen LogP contribution in [0, 0.1) is 6.92 Å². The summed E-state index contributed by atoms with van der Waals surface area (Å²) in [4.78, 5) is 0.396. The predicted octanol–water partition coefficient (Wildman–Crippen LogP) is 6.07. The van der Waals surface area contributed by atoms with Gasteiger partial charge in [0.2, 0.25) is 0 Å². The third-order valence-corrected chi connectivity index (χ3v) is 6.09. The van der Waals surface area contributed by atoms with Crippen molar-refractivity contribution in [1.82, 2.24) is 0 Å². The summed E-state index contributed by atoms with van der Waals surface area (Å²) < 4.78 is 25.1. The Morgan fingerprint density at radius 3 is 2.29 bits per heavy atom. The molecule has 24 heavy (non-hydrogen) atoms. The minimum absolute atomic E-state index is 0.0820. The molecule has 0 radical (unpaired) electrons. The van der Waals surface area contributed by atoms with Crippen molar-refractivity contribution < 1.29 is 8.42 Å². The Morgan fingerprint density at radius 2 is 1.67 bits per heavy atom. The fourth-order valence-electron chi connectivity index (χ4n) is 2.66. The van der Waals surface area contributed by atoms with Crippen LogP contribution in [0.4, 0.5) is 0 Å². The van der Waals surface area contributed by atoms with Gasteiger partial charge in [-0.3, -0.25) is 0 Å². The third-order valence-electron chi connectivity index (χ3n) is 4.16. The first-order chi connectivity index (χ1) is 11.5. The van der Waals surface area contributed by atoms with E-state index in [1.807, 2.05) is 19.1 Å². The fraction of sp³-hybridized carbons (Fsp3) is 0.600. The number of unbranched alkanes of at least 4 members (excludes halogenated alkanes) is 6. The zero-order valence-corrected chi connectivity index (χ0v) is 16.6. The molecule has 1 aromatic rings. The smallest absolute Gasteiger partial charge is 0.182 e. The Hall–Kier alpha value is -0.800. The Bertz CT molecular complexity index is 589. The van der Waals surface area contributed by atoms with E-state index in [9.17, 15) is 8.42 Å². The first kappa shape index (κ1) is 21.2. The van der Waals surface area contributed by atoms with E-state index >= 15 is 0 Å². The number of alkyl halides is 1. The molecule has 0 aliphatic heterocycles. The van der Waals surface area contributed by atoms with Gasteiger partial charge in [0.15, 0.2) is 9.84 Å². The van der Waals surface area contributed by atoms with Crippen LogP contribution < -0.4 is 0 Å². The summed E-state index contributed by atoms with van der Waals surface area (Å²) in [7, 11) is -3.28. The Labute approximate surface area is 153 Å². The predicted molar refractivity (Wildman–Crippen MR) is 105 cm³/mol. The molecule has 0 saturated carbocycles. The van der Waals surface area contributed by atoms with E-state index in [0.717, 1.165) is 24.0 Å². The first-order valence-corrected chi connectivity index (χ1v) is 11.2. The minimum atomic E-state index is -3.28. The Balaban J connectivity index is 2.57. The van der Waals surface area contributed by atoms with Gasteiger partial charge in [0.25, 0.3) is 0 Å². The lowest BCUT2D eigenvalue weighted by Crippen LogP contribution is -2.10. The molecule has 0 N–H and O–H groups in total. The molecule has 0 unspecified atom stereocenters. The van der Waals surface area contributed by atoms with Gasteiger partial charge in [0.05, 0.1) is 10.6 Å². The summed E-state index contributed by atoms with van der Waals surface area (Å²) in [5.74, 6) is 0.546. The second-order valence-electron chi connectivity index (χ2n) is 6.43. The van der Waals surface area contributed by atoms with Gasteiger partial charge in [-0.1, -0.05) is 68.4 Å². The lowest BCUT2D eigenvalue weighted by Gasteiger charge is -2.09. The zero-order chi connectivity index (χ0) is 17.8. The molecule has 2 nitrogen and oxygen atoms in total. The molecule has 0 heterocycles. The number of benzene rings is 1. The van der Waals surface area contributed by atoms with Gasteiger partial charge in [-0.15, -0.1) is 11.6 Å². The summed E-state index contributed by atoms with van der Waals surface area (Å²) in [5, 5.41) is 0. The zero-order valence-electron chi connectivity index (χ0n) is 15.1. The van der Waals surface area contributed by atoms with Gasteiger partial charge in [0.1, 0.15) is 0 Å². The lowest BCUT2D eigenvalue weighted by molar-refractivity contribution is 0.597. The highest BCUT2D eigenvalue weighted by Gasteiger charge is 2.16. The average molecular weight is 371 g/mol. The van der Waals surface area contributed by atoms with Crippen molar-refractivity contribution in [3.63, 3.8) is 0 Å². The SMILES string of the molecule is CCCCCCCC/C=C(\CCCl)CS(=O)(=O)c1ccc(C)cc1. The number of rotatable bonds is 12. The number of sulfone groups is 1. The van der Waals surface area contributed by atoms with Crippen LogP contribution in [-0.4, -0.2) is 20.1 Å². The number of hydrogen-bond acceptors (Lipinski definition) is 2. The van der Waals surface area contributed by atoms with Crippen LogP contribution in [0.2, 0.25) is 0 Å². The number of aryl methyl sites for hydroxylation is 1. The van der Waals surface area contributed by atoms with Crippen LogP contribution in [0.25, 0.3) is 0 Å². The topological polar surface area (TPSA) is 34.1 Å². The molecule has 0 saturated heterocycles. The summed E-state index contributed by atoms with van der Waals surface area (Å²) in [5.41, 5.74) is 2.01. The van der Waals surface area contributed by atoms with E-state index in [1.165, 1.54) is 32.1 Å². The molecule has 0 bridgehead atoms. The first-order valence-electron chi connectivity index (χ1n) is 9.03. The Morgan fingerprint density at radius 1 is 1.04 bits per heavy atom. The summed E-state index contributed by atoms with van der Waals surface area (Å²) in [6.07, 6.45) is 11.2. The third kappa shape index (κ3) is 8.34. The van der Waals surface area contributed by atoms with Gasteiger partial charge < -0.3 is 0 Å². The number of halogens is 1. The van der Waals surface area contributed by atoms with E-state index in [2.05, 4.69) is 13.0 Å². The maximum Gasteiger partial charge on any atom is 0.182 e. The van der Waals surface area contributed by atoms with Crippen LogP contribution in [0.15, 0.2) is 40.8 Å². The maximum absolute atomic E-state index is 12.6. The second-order valence-corrected chi connectivity index (χ2v) is 8.80. The van der Waals surface area contributed by atoms with Crippen LogP contribution >= 0.6 is 11.6 Å². The molecule has 0 fully saturated rings. The van der Waals surface area contributed by atoms with Gasteiger partial charge in [-0.25, -0.2) is 8.42 Å². The Kier molecular flexibility index (Phi) is 10.4. The molecule has 0 amide bonds. The molecule has 0 aliphatic carbocycles. The van der Waals surface area contributed by atoms with Crippen molar-refractivity contribution >= 4 is 21.4 Å². The monoisotopic (exact) mass is 370 g/mol. The lowest BCUT2D eigenvalue weighted by atomic mass is 10.1. The molecular weight excluding hydrogens is 340 g/mol. The highest BCUT2D eigenvalue weighted by molar-refractivity contribution is 7.91. The molecule has 0 aromatic heterocycles. The average Bonchev–Trinajstić information content (AvgIpc) is 2.54. The van der Waals surface area contributed by atoms with Crippen molar-refractivity contribution in [3.05, 3.63) is 41.5 Å². The molecule has 4 heteroatoms. The van der Waals surface area contributed by atoms with E-state index in [0.29, 0.717) is 17.2 Å². The minimum Gasteiger partial charge on any atom is -0.223 e. The van der Waals surface area contributed by atoms with Crippen molar-refractivity contribution in [2.45, 2.75) is 70.1 Å². The molecule has 136 valence electrons. The summed E-state index contributed by atoms with van der Waals surface area (Å²) in [6, 6.07) is 7.07. The maximum atomic E-state index is 12.6. The van der Waals surface area contributed by atoms with Crippen molar-refractivity contribution in [1.29, 1.82) is 0 Å². The second kappa shape index (κ2) is 11.7. The van der Waals surface area contributed by atoms with Crippen molar-refractivity contribution in [3.8, 4) is 0 Å². The van der Waals surface area contributed by atoms with Gasteiger partial charge in [-0.2, -0.15) is 0 Å². The number of allylic oxidation sites excluding steroid dienone is 1. The summed E-state index contributed by atoms with van der Waals surface area (Å²) in [6.45, 7) is 4.17. The molecule has 1 rings (SSSR count). The summed E-state index contributed by atoms with van der Waals surface area (Å²) >= 11 is 5.85. The van der Waals surface area contributed by atoms with Crippen molar-refractivity contribution in [2.24, 2.45) is 0 Å². The fourth-order valence-corrected chi connectivity index (χ4v) is 4.37.